The van der Waals surface area contributed by atoms with Crippen LogP contribution in [0.2, 0.25) is 0 Å². The van der Waals surface area contributed by atoms with Gasteiger partial charge in [0.1, 0.15) is 5.82 Å². The van der Waals surface area contributed by atoms with Gasteiger partial charge in [-0.1, -0.05) is 93.1 Å². The molecule has 0 atom stereocenters. The summed E-state index contributed by atoms with van der Waals surface area (Å²) < 4.78 is 6.56. The number of hydrogen-bond acceptors (Lipinski definition) is 6. The molecule has 216 valence electrons. The van der Waals surface area contributed by atoms with Crippen molar-refractivity contribution in [2.75, 3.05) is 13.1 Å². The Morgan fingerprint density at radius 2 is 1.71 bits per heavy atom. The fraction of sp³-hybridized carbons (Fsp3) is 0.406. The minimum atomic E-state index is -0.594. The highest BCUT2D eigenvalue weighted by Gasteiger charge is 2.21. The molecule has 2 heterocycles. The number of nitrogens with zero attached hydrogens (tertiary/aromatic N) is 4. The maximum atomic E-state index is 14.1. The number of likely N-dealkylation sites (N-methyl/N-ethyl adjacent to an activating group) is 1. The predicted molar refractivity (Wildman–Crippen MR) is 168 cm³/mol. The number of unbranched alkanes of at least 4 members (excludes halogenated alkanes) is 1. The summed E-state index contributed by atoms with van der Waals surface area (Å²) in [7, 11) is 0. The van der Waals surface area contributed by atoms with Crippen LogP contribution < -0.4 is 11.3 Å². The van der Waals surface area contributed by atoms with E-state index in [2.05, 4.69) is 49.7 Å². The van der Waals surface area contributed by atoms with E-state index in [9.17, 15) is 9.59 Å². The van der Waals surface area contributed by atoms with Crippen LogP contribution in [0.3, 0.4) is 0 Å². The number of aryl methyl sites for hydroxylation is 1. The van der Waals surface area contributed by atoms with Crippen molar-refractivity contribution in [2.45, 2.75) is 72.8 Å². The highest BCUT2D eigenvalue weighted by molar-refractivity contribution is 7.80. The molecule has 4 rings (SSSR count). The van der Waals surface area contributed by atoms with Gasteiger partial charge in [-0.2, -0.15) is 0 Å². The van der Waals surface area contributed by atoms with Crippen LogP contribution in [0.4, 0.5) is 0 Å². The molecular formula is C32H39N5O3S. The molecule has 0 bridgehead atoms. The summed E-state index contributed by atoms with van der Waals surface area (Å²) in [6.07, 6.45) is 3.14. The highest BCUT2D eigenvalue weighted by Crippen LogP contribution is 2.30. The normalized spacial score (nSPS) is 11.3. The molecule has 8 nitrogen and oxygen atoms in total. The van der Waals surface area contributed by atoms with Crippen molar-refractivity contribution in [1.29, 1.82) is 0 Å². The van der Waals surface area contributed by atoms with E-state index in [1.165, 1.54) is 0 Å². The number of aromatic nitrogens is 4. The van der Waals surface area contributed by atoms with E-state index in [4.69, 9.17) is 21.7 Å². The van der Waals surface area contributed by atoms with Crippen LogP contribution in [0.15, 0.2) is 62.6 Å². The molecule has 0 saturated heterocycles. The zero-order chi connectivity index (χ0) is 29.5. The molecule has 9 heteroatoms. The van der Waals surface area contributed by atoms with E-state index in [-0.39, 0.29) is 11.5 Å². The second kappa shape index (κ2) is 13.7. The van der Waals surface area contributed by atoms with Crippen molar-refractivity contribution in [2.24, 2.45) is 0 Å². The van der Waals surface area contributed by atoms with Crippen LogP contribution in [0.1, 0.15) is 76.0 Å². The first kappa shape index (κ1) is 30.1. The lowest BCUT2D eigenvalue weighted by Gasteiger charge is -2.24. The predicted octanol–water partition coefficient (Wildman–Crippen LogP) is 5.98. The van der Waals surface area contributed by atoms with Gasteiger partial charge in [-0.3, -0.25) is 18.9 Å². The van der Waals surface area contributed by atoms with Gasteiger partial charge in [0.25, 0.3) is 5.56 Å². The van der Waals surface area contributed by atoms with Crippen LogP contribution in [-0.2, 0) is 19.4 Å². The van der Waals surface area contributed by atoms with Gasteiger partial charge < -0.3 is 4.90 Å². The topological polar surface area (TPSA) is 97.0 Å². The largest absolute Gasteiger partial charge is 0.439 e. The Kier molecular flexibility index (Phi) is 10.0. The summed E-state index contributed by atoms with van der Waals surface area (Å²) in [5, 5.41) is 3.86. The molecule has 2 aromatic carbocycles. The molecule has 2 aromatic heterocycles. The summed E-state index contributed by atoms with van der Waals surface area (Å²) in [5.41, 5.74) is 5.19. The average Bonchev–Trinajstić information content (AvgIpc) is 3.41. The third-order valence-electron chi connectivity index (χ3n) is 7.35. The molecule has 41 heavy (non-hydrogen) atoms. The molecule has 0 aliphatic rings. The quantitative estimate of drug-likeness (QED) is 0.208. The monoisotopic (exact) mass is 573 g/mol. The molecular weight excluding hydrogens is 534 g/mol. The molecule has 0 amide bonds. The van der Waals surface area contributed by atoms with Gasteiger partial charge in [0.15, 0.2) is 5.82 Å². The molecule has 0 fully saturated rings. The SMILES string of the molecule is CCCCc1nc(C(C)C)c(CC(=S)N(CC)CC)c(=O)n1Cc1ccc(-c2ccccc2-c2noc(=O)[nH]2)cc1. The van der Waals surface area contributed by atoms with Gasteiger partial charge in [-0.25, -0.2) is 9.78 Å². The smallest absolute Gasteiger partial charge is 0.366 e. The second-order valence-corrected chi connectivity index (χ2v) is 10.9. The molecule has 0 spiro atoms. The third kappa shape index (κ3) is 6.90. The zero-order valence-corrected chi connectivity index (χ0v) is 25.4. The summed E-state index contributed by atoms with van der Waals surface area (Å²) in [4.78, 5) is 36.3. The Hall–Kier alpha value is -3.85. The minimum Gasteiger partial charge on any atom is -0.366 e. The van der Waals surface area contributed by atoms with Crippen LogP contribution in [0, 0.1) is 0 Å². The number of thiocarbonyl (C=S) groups is 1. The molecule has 0 aliphatic carbocycles. The molecule has 0 aliphatic heterocycles. The van der Waals surface area contributed by atoms with Gasteiger partial charge >= 0.3 is 5.76 Å². The van der Waals surface area contributed by atoms with Gasteiger partial charge in [0, 0.05) is 37.1 Å². The van der Waals surface area contributed by atoms with Crippen LogP contribution in [0.5, 0.6) is 0 Å². The maximum absolute atomic E-state index is 14.1. The number of H-pyrrole nitrogens is 1. The standard InChI is InChI=1S/C32H39N5O3S/c1-6-9-14-27-33-29(21(4)5)26(19-28(41)36(7-2)8-3)31(38)37(27)20-22-15-17-23(18-16-22)24-12-10-11-13-25(24)30-34-32(39)40-35-30/h10-13,15-18,21H,6-9,14,19-20H2,1-5H3,(H,34,35,39). The van der Waals surface area contributed by atoms with Crippen molar-refractivity contribution < 1.29 is 4.52 Å². The molecule has 0 unspecified atom stereocenters. The molecule has 1 N–H and O–H groups in total. The Bertz CT molecular complexity index is 1600. The number of rotatable bonds is 12. The van der Waals surface area contributed by atoms with Crippen molar-refractivity contribution in [1.82, 2.24) is 24.6 Å². The van der Waals surface area contributed by atoms with E-state index in [0.29, 0.717) is 24.4 Å². The number of hydrogen-bond donors (Lipinski definition) is 1. The Morgan fingerprint density at radius 3 is 2.29 bits per heavy atom. The van der Waals surface area contributed by atoms with E-state index in [1.807, 2.05) is 53.1 Å². The summed E-state index contributed by atoms with van der Waals surface area (Å²) in [5.74, 6) is 0.728. The molecule has 0 radical (unpaired) electrons. The van der Waals surface area contributed by atoms with Gasteiger partial charge in [0.2, 0.25) is 0 Å². The van der Waals surface area contributed by atoms with Crippen molar-refractivity contribution in [3.63, 3.8) is 0 Å². The van der Waals surface area contributed by atoms with E-state index in [0.717, 1.165) is 71.1 Å². The number of nitrogens with one attached hydrogen (secondary N) is 1. The van der Waals surface area contributed by atoms with Gasteiger partial charge in [0.05, 0.1) is 17.2 Å². The Morgan fingerprint density at radius 1 is 1.02 bits per heavy atom. The third-order valence-corrected chi connectivity index (χ3v) is 7.75. The number of aromatic amines is 1. The number of benzene rings is 2. The molecule has 4 aromatic rings. The fourth-order valence-corrected chi connectivity index (χ4v) is 5.49. The van der Waals surface area contributed by atoms with Gasteiger partial charge in [-0.05, 0) is 42.9 Å². The van der Waals surface area contributed by atoms with E-state index in [1.54, 1.807) is 0 Å². The highest BCUT2D eigenvalue weighted by atomic mass is 32.1. The zero-order valence-electron chi connectivity index (χ0n) is 24.6. The first-order valence-electron chi connectivity index (χ1n) is 14.4. The van der Waals surface area contributed by atoms with Crippen LogP contribution in [-0.4, -0.2) is 42.7 Å². The lowest BCUT2D eigenvalue weighted by atomic mass is 9.98. The van der Waals surface area contributed by atoms with Crippen molar-refractivity contribution in [3.8, 4) is 22.5 Å². The maximum Gasteiger partial charge on any atom is 0.439 e. The average molecular weight is 574 g/mol. The first-order chi connectivity index (χ1) is 19.8. The fourth-order valence-electron chi connectivity index (χ4n) is 5.09. The first-order valence-corrected chi connectivity index (χ1v) is 14.8. The van der Waals surface area contributed by atoms with Crippen molar-refractivity contribution >= 4 is 17.2 Å². The van der Waals surface area contributed by atoms with Gasteiger partial charge in [-0.15, -0.1) is 0 Å². The van der Waals surface area contributed by atoms with Crippen LogP contribution >= 0.6 is 12.2 Å². The van der Waals surface area contributed by atoms with E-state index >= 15 is 0 Å². The lowest BCUT2D eigenvalue weighted by molar-refractivity contribution is 0.388. The second-order valence-electron chi connectivity index (χ2n) is 10.5. The minimum absolute atomic E-state index is 0.00582. The Labute approximate surface area is 246 Å². The Balaban J connectivity index is 1.72. The van der Waals surface area contributed by atoms with E-state index < -0.39 is 5.76 Å². The van der Waals surface area contributed by atoms with Crippen molar-refractivity contribution in [3.05, 3.63) is 92.1 Å². The summed E-state index contributed by atoms with van der Waals surface area (Å²) in [6.45, 7) is 12.5. The lowest BCUT2D eigenvalue weighted by Crippen LogP contribution is -2.36. The summed E-state index contributed by atoms with van der Waals surface area (Å²) in [6, 6.07) is 15.8. The van der Waals surface area contributed by atoms with Crippen LogP contribution in [0.25, 0.3) is 22.5 Å². The summed E-state index contributed by atoms with van der Waals surface area (Å²) >= 11 is 5.77. The molecule has 0 saturated carbocycles.